The Hall–Kier alpha value is -0.320. The Kier molecular flexibility index (Phi) is 36.5. The van der Waals surface area contributed by atoms with Crippen LogP contribution in [0.5, 0.6) is 0 Å². The summed E-state index contributed by atoms with van der Waals surface area (Å²) in [7, 11) is 4.48. The van der Waals surface area contributed by atoms with Gasteiger partial charge in [-0.15, -0.1) is 0 Å². The third kappa shape index (κ3) is 37.8. The number of amides is 1. The lowest BCUT2D eigenvalue weighted by Crippen LogP contribution is -3.00. The number of carbonyl (C=O) groups excluding carboxylic acids is 1. The van der Waals surface area contributed by atoms with Crippen molar-refractivity contribution in [2.24, 2.45) is 5.73 Å². The Morgan fingerprint density at radius 3 is 1.26 bits per heavy atom. The quantitative estimate of drug-likeness (QED) is 0.0908. The normalized spacial score (nSPS) is 11.9. The summed E-state index contributed by atoms with van der Waals surface area (Å²) >= 11 is 0. The van der Waals surface area contributed by atoms with Crippen molar-refractivity contribution in [3.63, 3.8) is 0 Å². The molecule has 0 spiro atoms. The third-order valence-corrected chi connectivity index (χ3v) is 7.55. The smallest absolute Gasteiger partial charge is 0.217 e. The first-order valence-electron chi connectivity index (χ1n) is 16.6. The van der Waals surface area contributed by atoms with Crippen LogP contribution in [0.15, 0.2) is 0 Å². The summed E-state index contributed by atoms with van der Waals surface area (Å²) in [5, 5.41) is 9.57. The zero-order chi connectivity index (χ0) is 28.0. The van der Waals surface area contributed by atoms with Crippen LogP contribution in [0, 0.1) is 0 Å². The van der Waals surface area contributed by atoms with Gasteiger partial charge in [0.1, 0.15) is 0 Å². The Balaban J connectivity index is -0.000000743. The van der Waals surface area contributed by atoms with Gasteiger partial charge in [0.2, 0.25) is 5.91 Å². The van der Waals surface area contributed by atoms with Crippen LogP contribution in [-0.2, 0) is 4.79 Å². The number of nitrogens with zero attached hydrogens (tertiary/aromatic N) is 1. The van der Waals surface area contributed by atoms with Gasteiger partial charge in [-0.2, -0.15) is 0 Å². The van der Waals surface area contributed by atoms with E-state index < -0.39 is 0 Å². The van der Waals surface area contributed by atoms with Gasteiger partial charge in [-0.25, -0.2) is 0 Å². The molecule has 1 amide bonds. The molecule has 0 aliphatic rings. The lowest BCUT2D eigenvalue weighted by atomic mass is 10.0. The van der Waals surface area contributed by atoms with Gasteiger partial charge in [0.15, 0.2) is 0 Å². The van der Waals surface area contributed by atoms with Crippen molar-refractivity contribution in [3.05, 3.63) is 0 Å². The minimum absolute atomic E-state index is 0. The molecule has 0 aliphatic heterocycles. The molecule has 1 atom stereocenters. The van der Waals surface area contributed by atoms with Crippen LogP contribution in [0.2, 0.25) is 0 Å². The maximum absolute atomic E-state index is 10.6. The Morgan fingerprint density at radius 2 is 0.947 bits per heavy atom. The van der Waals surface area contributed by atoms with E-state index in [9.17, 15) is 9.90 Å². The first-order chi connectivity index (χ1) is 17.8. The molecular formula is C33H71ClN2O2. The monoisotopic (exact) mass is 563 g/mol. The van der Waals surface area contributed by atoms with Crippen LogP contribution in [0.25, 0.3) is 0 Å². The van der Waals surface area contributed by atoms with Gasteiger partial charge in [-0.05, 0) is 19.3 Å². The minimum atomic E-state index is -0.151. The number of aliphatic hydroxyl groups excluding tert-OH is 1. The van der Waals surface area contributed by atoms with Gasteiger partial charge in [-0.3, -0.25) is 4.79 Å². The second-order valence-electron chi connectivity index (χ2n) is 12.2. The maximum atomic E-state index is 10.6. The number of unbranched alkanes of at least 4 members (excludes halogenated alkanes) is 18. The Labute approximate surface area is 246 Å². The number of aliphatic hydroxyl groups is 1. The first-order valence-corrected chi connectivity index (χ1v) is 16.6. The number of rotatable bonds is 27. The van der Waals surface area contributed by atoms with Crippen molar-refractivity contribution >= 4 is 5.91 Å². The van der Waals surface area contributed by atoms with Gasteiger partial charge in [0, 0.05) is 12.8 Å². The van der Waals surface area contributed by atoms with E-state index in [-0.39, 0.29) is 24.4 Å². The van der Waals surface area contributed by atoms with E-state index in [0.717, 1.165) is 36.7 Å². The third-order valence-electron chi connectivity index (χ3n) is 7.55. The molecule has 0 aromatic heterocycles. The summed E-state index contributed by atoms with van der Waals surface area (Å²) in [5.41, 5.74) is 5.13. The van der Waals surface area contributed by atoms with Crippen LogP contribution < -0.4 is 18.1 Å². The van der Waals surface area contributed by atoms with E-state index in [4.69, 9.17) is 5.73 Å². The van der Waals surface area contributed by atoms with Crippen LogP contribution in [-0.4, -0.2) is 48.8 Å². The van der Waals surface area contributed by atoms with Crippen LogP contribution in [0.3, 0.4) is 0 Å². The van der Waals surface area contributed by atoms with E-state index in [1.54, 1.807) is 0 Å². The lowest BCUT2D eigenvalue weighted by Gasteiger charge is -2.30. The molecule has 0 radical (unpaired) electrons. The average Bonchev–Trinajstić information content (AvgIpc) is 2.85. The molecule has 0 bridgehead atoms. The zero-order valence-corrected chi connectivity index (χ0v) is 27.5. The molecule has 0 saturated heterocycles. The van der Waals surface area contributed by atoms with Crippen molar-refractivity contribution in [1.29, 1.82) is 0 Å². The summed E-state index contributed by atoms with van der Waals surface area (Å²) in [5.74, 6) is -0.151. The van der Waals surface area contributed by atoms with E-state index in [1.165, 1.54) is 129 Å². The van der Waals surface area contributed by atoms with Gasteiger partial charge >= 0.3 is 0 Å². The fraction of sp³-hybridized carbons (Fsp3) is 0.970. The fourth-order valence-corrected chi connectivity index (χ4v) is 5.07. The van der Waals surface area contributed by atoms with Crippen LogP contribution in [0.4, 0.5) is 0 Å². The Bertz CT molecular complexity index is 460. The Morgan fingerprint density at radius 1 is 0.579 bits per heavy atom. The van der Waals surface area contributed by atoms with E-state index in [0.29, 0.717) is 6.42 Å². The molecule has 0 aromatic carbocycles. The second-order valence-corrected chi connectivity index (χ2v) is 12.2. The van der Waals surface area contributed by atoms with Crippen molar-refractivity contribution in [1.82, 2.24) is 0 Å². The molecule has 4 nitrogen and oxygen atoms in total. The minimum Gasteiger partial charge on any atom is -1.00 e. The van der Waals surface area contributed by atoms with Crippen molar-refractivity contribution in [3.8, 4) is 0 Å². The summed E-state index contributed by atoms with van der Waals surface area (Å²) in [6.45, 7) is 8.92. The van der Waals surface area contributed by atoms with Crippen LogP contribution >= 0.6 is 0 Å². The largest absolute Gasteiger partial charge is 1.00 e. The van der Waals surface area contributed by atoms with Crippen LogP contribution in [0.1, 0.15) is 175 Å². The predicted octanol–water partition coefficient (Wildman–Crippen LogP) is 6.32. The van der Waals surface area contributed by atoms with Gasteiger partial charge in [0.05, 0.1) is 33.3 Å². The number of hydrogen-bond donors (Lipinski definition) is 2. The van der Waals surface area contributed by atoms with Crippen molar-refractivity contribution < 1.29 is 26.8 Å². The molecule has 0 saturated carbocycles. The molecule has 0 rings (SSSR count). The number of nitrogens with two attached hydrogens (primary N) is 1. The van der Waals surface area contributed by atoms with E-state index >= 15 is 0 Å². The average molecular weight is 563 g/mol. The molecule has 38 heavy (non-hydrogen) atoms. The molecule has 5 heteroatoms. The molecule has 1 unspecified atom stereocenters. The number of hydrogen-bond acceptors (Lipinski definition) is 2. The fourth-order valence-electron chi connectivity index (χ4n) is 5.07. The van der Waals surface area contributed by atoms with Gasteiger partial charge in [0.25, 0.3) is 0 Å². The summed E-state index contributed by atoms with van der Waals surface area (Å²) in [6, 6.07) is 0. The van der Waals surface area contributed by atoms with Gasteiger partial charge < -0.3 is 27.7 Å². The summed E-state index contributed by atoms with van der Waals surface area (Å²) in [4.78, 5) is 10.6. The highest BCUT2D eigenvalue weighted by atomic mass is 35.5. The zero-order valence-electron chi connectivity index (χ0n) is 26.7. The molecular weight excluding hydrogens is 492 g/mol. The highest BCUT2D eigenvalue weighted by Gasteiger charge is 2.15. The summed E-state index contributed by atoms with van der Waals surface area (Å²) < 4.78 is 1.04. The molecule has 0 aliphatic carbocycles. The van der Waals surface area contributed by atoms with E-state index in [2.05, 4.69) is 34.9 Å². The molecule has 232 valence electrons. The van der Waals surface area contributed by atoms with Gasteiger partial charge in [-0.1, -0.05) is 143 Å². The molecule has 3 N–H and O–H groups in total. The number of carbonyl (C=O) groups is 1. The van der Waals surface area contributed by atoms with Crippen molar-refractivity contribution in [2.45, 2.75) is 181 Å². The lowest BCUT2D eigenvalue weighted by molar-refractivity contribution is -0.890. The molecule has 0 fully saturated rings. The first kappa shape index (κ1) is 42.2. The highest BCUT2D eigenvalue weighted by molar-refractivity contribution is 5.73. The topological polar surface area (TPSA) is 63.3 Å². The second kappa shape index (κ2) is 32.9. The van der Waals surface area contributed by atoms with E-state index in [1.807, 2.05) is 0 Å². The molecule has 0 aromatic rings. The SMILES string of the molecule is CCCC(O)CC[N+](C)(C)CCC.CCCCCCCCCCCCCCCCCCCCCC(N)=O.[Cl-]. The molecule has 0 heterocycles. The number of primary amides is 1. The summed E-state index contributed by atoms with van der Waals surface area (Å²) in [6.07, 6.45) is 30.9. The maximum Gasteiger partial charge on any atom is 0.217 e. The number of halogens is 1. The van der Waals surface area contributed by atoms with Crippen molar-refractivity contribution in [2.75, 3.05) is 27.2 Å². The number of quaternary nitrogens is 1. The standard InChI is InChI=1S/C22H45NO.C11H26NO.ClH/c1-2-3-4-5-6-7-8-9-10-11-12-13-14-15-16-17-18-19-20-21-22(23)24;1-5-7-11(13)8-10-12(3,4)9-6-2;/h2-21H2,1H3,(H2,23,24);11,13H,5-10H2,1-4H3;1H/q;+1;/p-1. The highest BCUT2D eigenvalue weighted by Crippen LogP contribution is 2.14. The predicted molar refractivity (Wildman–Crippen MR) is 165 cm³/mol.